The highest BCUT2D eigenvalue weighted by atomic mass is 28.2. The first-order chi connectivity index (χ1) is 3.91. The molecule has 0 aromatic rings. The molecule has 0 aliphatic heterocycles. The van der Waals surface area contributed by atoms with Crippen LogP contribution in [0.3, 0.4) is 0 Å². The molecule has 0 N–H and O–H groups in total. The van der Waals surface area contributed by atoms with Gasteiger partial charge in [0.25, 0.3) is 0 Å². The Labute approximate surface area is 52.4 Å². The molecule has 0 fully saturated rings. The minimum Gasteiger partial charge on any atom is -0.493 e. The predicted molar refractivity (Wildman–Crippen MR) is 36.5 cm³/mol. The molecule has 0 aliphatic rings. The van der Waals surface area contributed by atoms with Gasteiger partial charge in [0.05, 0.1) is 6.11 Å². The maximum Gasteiger partial charge on any atom is 0.311 e. The van der Waals surface area contributed by atoms with Crippen LogP contribution in [0.1, 0.15) is 13.8 Å². The lowest BCUT2D eigenvalue weighted by Crippen LogP contribution is -1.86. The molecule has 0 spiro atoms. The summed E-state index contributed by atoms with van der Waals surface area (Å²) in [6.07, 6.45) is 2.49. The summed E-state index contributed by atoms with van der Waals surface area (Å²) in [6, 6.07) is 0. The maximum absolute atomic E-state index is 4.83. The van der Waals surface area contributed by atoms with Crippen LogP contribution in [0.15, 0.2) is 0 Å². The third-order valence-corrected chi connectivity index (χ3v) is 1.28. The number of rotatable bonds is 1. The van der Waals surface area contributed by atoms with E-state index in [4.69, 9.17) is 4.43 Å². The summed E-state index contributed by atoms with van der Waals surface area (Å²) in [4.78, 5) is 0. The van der Waals surface area contributed by atoms with Gasteiger partial charge in [0.1, 0.15) is 0 Å². The van der Waals surface area contributed by atoms with Gasteiger partial charge in [0.2, 0.25) is 0 Å². The summed E-state index contributed by atoms with van der Waals surface area (Å²) in [6.45, 7) is 3.55. The quantitative estimate of drug-likeness (QED) is 0.273. The molecule has 0 unspecified atom stereocenters. The second-order valence-electron chi connectivity index (χ2n) is 1.07. The first-order valence-electron chi connectivity index (χ1n) is 2.35. The van der Waals surface area contributed by atoms with E-state index in [1.54, 1.807) is 13.8 Å². The monoisotopic (exact) mass is 124 g/mol. The summed E-state index contributed by atoms with van der Waals surface area (Å²) >= 11 is 0. The van der Waals surface area contributed by atoms with Crippen molar-refractivity contribution in [2.45, 2.75) is 13.8 Å². The fraction of sp³-hybridized carbons (Fsp3) is 0.333. The van der Waals surface area contributed by atoms with Crippen molar-refractivity contribution in [1.82, 2.24) is 0 Å². The van der Waals surface area contributed by atoms with Gasteiger partial charge >= 0.3 is 9.76 Å². The summed E-state index contributed by atoms with van der Waals surface area (Å²) < 4.78 is 4.83. The van der Waals surface area contributed by atoms with Crippen molar-refractivity contribution in [3.8, 4) is 23.5 Å². The molecule has 0 heterocycles. The van der Waals surface area contributed by atoms with Crippen LogP contribution in [0.2, 0.25) is 0 Å². The van der Waals surface area contributed by atoms with Gasteiger partial charge in [-0.1, -0.05) is 11.5 Å². The zero-order valence-corrected chi connectivity index (χ0v) is 6.53. The first kappa shape index (κ1) is 7.14. The highest BCUT2D eigenvalue weighted by molar-refractivity contribution is 6.39. The van der Waals surface area contributed by atoms with Crippen LogP contribution in [0.5, 0.6) is 0 Å². The Balaban J connectivity index is 3.10. The normalized spacial score (nSPS) is 6.75. The van der Waals surface area contributed by atoms with E-state index in [0.29, 0.717) is 0 Å². The van der Waals surface area contributed by atoms with Gasteiger partial charge < -0.3 is 4.43 Å². The Morgan fingerprint density at radius 3 is 2.50 bits per heavy atom. The number of hydrogen-bond acceptors (Lipinski definition) is 1. The zero-order chi connectivity index (χ0) is 6.24. The van der Waals surface area contributed by atoms with E-state index in [2.05, 4.69) is 23.5 Å². The van der Waals surface area contributed by atoms with Crippen LogP contribution in [-0.4, -0.2) is 9.76 Å². The molecule has 0 rings (SSSR count). The fourth-order valence-electron chi connectivity index (χ4n) is 0.217. The van der Waals surface area contributed by atoms with Crippen molar-refractivity contribution in [2.24, 2.45) is 0 Å². The Kier molecular flexibility index (Phi) is 5.47. The molecule has 1 nitrogen and oxygen atoms in total. The van der Waals surface area contributed by atoms with Crippen molar-refractivity contribution in [2.75, 3.05) is 0 Å². The van der Waals surface area contributed by atoms with E-state index in [-0.39, 0.29) is 0 Å². The molecular weight excluding hydrogens is 116 g/mol. The van der Waals surface area contributed by atoms with Gasteiger partial charge in [-0.2, -0.15) is 0 Å². The molecular formula is C6H8OSi. The third kappa shape index (κ3) is 5.14. The van der Waals surface area contributed by atoms with Gasteiger partial charge in [-0.05, 0) is 6.92 Å². The van der Waals surface area contributed by atoms with Crippen molar-refractivity contribution in [3.63, 3.8) is 0 Å². The summed E-state index contributed by atoms with van der Waals surface area (Å²) in [5, 5.41) is 0. The van der Waals surface area contributed by atoms with E-state index in [0.717, 1.165) is 0 Å². The van der Waals surface area contributed by atoms with Crippen LogP contribution >= 0.6 is 0 Å². The second kappa shape index (κ2) is 6.14. The average molecular weight is 124 g/mol. The average Bonchev–Trinajstić information content (AvgIpc) is 1.81. The lowest BCUT2D eigenvalue weighted by atomic mass is 10.8. The molecule has 0 saturated heterocycles. The first-order valence-corrected chi connectivity index (χ1v) is 3.63. The third-order valence-electron chi connectivity index (χ3n) is 0.495. The van der Waals surface area contributed by atoms with E-state index < -0.39 is 9.76 Å². The largest absolute Gasteiger partial charge is 0.493 e. The van der Waals surface area contributed by atoms with Crippen LogP contribution in [0.25, 0.3) is 0 Å². The van der Waals surface area contributed by atoms with E-state index in [1.165, 1.54) is 0 Å². The van der Waals surface area contributed by atoms with Crippen molar-refractivity contribution < 1.29 is 4.43 Å². The molecule has 8 heavy (non-hydrogen) atoms. The minimum absolute atomic E-state index is 0.634. The smallest absolute Gasteiger partial charge is 0.311 e. The van der Waals surface area contributed by atoms with Gasteiger partial charge in [-0.3, -0.25) is 0 Å². The Morgan fingerprint density at radius 1 is 1.25 bits per heavy atom. The molecule has 2 heteroatoms. The predicted octanol–water partition coefficient (Wildman–Crippen LogP) is 0.0484. The highest BCUT2D eigenvalue weighted by Gasteiger charge is 1.69. The molecule has 42 valence electrons. The topological polar surface area (TPSA) is 9.23 Å². The van der Waals surface area contributed by atoms with Gasteiger partial charge in [0, 0.05) is 6.92 Å². The molecule has 0 atom stereocenters. The highest BCUT2D eigenvalue weighted by Crippen LogP contribution is 1.60. The second-order valence-corrected chi connectivity index (χ2v) is 2.00. The molecule has 0 aromatic carbocycles. The van der Waals surface area contributed by atoms with Crippen LogP contribution in [0.4, 0.5) is 0 Å². The fourth-order valence-corrected chi connectivity index (χ4v) is 0.650. The summed E-state index contributed by atoms with van der Waals surface area (Å²) in [5.74, 6) is 5.37. The van der Waals surface area contributed by atoms with Crippen molar-refractivity contribution in [1.29, 1.82) is 0 Å². The lowest BCUT2D eigenvalue weighted by molar-refractivity contribution is 0.568. The van der Waals surface area contributed by atoms with E-state index >= 15 is 0 Å². The lowest BCUT2D eigenvalue weighted by Gasteiger charge is -1.81. The molecule has 0 aliphatic carbocycles. The molecule has 0 bridgehead atoms. The zero-order valence-electron chi connectivity index (χ0n) is 5.12. The van der Waals surface area contributed by atoms with Crippen molar-refractivity contribution in [3.05, 3.63) is 0 Å². The van der Waals surface area contributed by atoms with Crippen molar-refractivity contribution >= 4 is 9.76 Å². The summed E-state index contributed by atoms with van der Waals surface area (Å²) in [7, 11) is -0.634. The van der Waals surface area contributed by atoms with E-state index in [9.17, 15) is 0 Å². The summed E-state index contributed by atoms with van der Waals surface area (Å²) in [5.41, 5.74) is 2.85. The molecule has 0 saturated carbocycles. The SMILES string of the molecule is CC#CO[SiH2]C#CC. The standard InChI is InChI=1S/C6H8OSi/c1-3-5-7-8-6-4-2/h8H2,1-2H3. The van der Waals surface area contributed by atoms with E-state index in [1.807, 2.05) is 0 Å². The Hall–Kier alpha value is -0.863. The Bertz CT molecular complexity index is 133. The van der Waals surface area contributed by atoms with Crippen LogP contribution < -0.4 is 0 Å². The van der Waals surface area contributed by atoms with Crippen LogP contribution in [0, 0.1) is 23.5 Å². The minimum atomic E-state index is -0.634. The van der Waals surface area contributed by atoms with Crippen LogP contribution in [-0.2, 0) is 4.43 Å². The maximum atomic E-state index is 4.83. The molecule has 0 amide bonds. The number of hydrogen-bond donors (Lipinski definition) is 0. The Morgan fingerprint density at radius 2 is 2.00 bits per heavy atom. The van der Waals surface area contributed by atoms with Gasteiger partial charge in [0.15, 0.2) is 0 Å². The molecule has 0 aromatic heterocycles. The van der Waals surface area contributed by atoms with Gasteiger partial charge in [-0.25, -0.2) is 0 Å². The van der Waals surface area contributed by atoms with Gasteiger partial charge in [-0.15, -0.1) is 5.92 Å². The molecule has 0 radical (unpaired) electrons.